The molecule has 13 nitrogen and oxygen atoms in total. The fourth-order valence-corrected chi connectivity index (χ4v) is 10.5. The third kappa shape index (κ3) is 9.55. The van der Waals surface area contributed by atoms with Crippen molar-refractivity contribution in [3.63, 3.8) is 0 Å². The fraction of sp³-hybridized carbons (Fsp3) is 0.396. The minimum absolute atomic E-state index is 0.132. The van der Waals surface area contributed by atoms with Gasteiger partial charge < -0.3 is 26.2 Å². The van der Waals surface area contributed by atoms with E-state index in [1.807, 2.05) is 30.3 Å². The lowest BCUT2D eigenvalue weighted by atomic mass is 9.56. The van der Waals surface area contributed by atoms with Crippen LogP contribution in [0.25, 0.3) is 0 Å². The number of nitrogens with one attached hydrogen (secondary N) is 5. The first-order valence-electron chi connectivity index (χ1n) is 21.8. The monoisotopic (exact) mass is 911 g/mol. The fourth-order valence-electron chi connectivity index (χ4n) is 10.2. The van der Waals surface area contributed by atoms with Gasteiger partial charge in [-0.15, -0.1) is 0 Å². The molecule has 3 fully saturated rings. The number of unbranched alkanes of at least 4 members (excludes halogenated alkanes) is 2. The zero-order valence-electron chi connectivity index (χ0n) is 35.6. The lowest BCUT2D eigenvalue weighted by molar-refractivity contribution is -0.137. The Morgan fingerprint density at radius 2 is 1.73 bits per heavy atom. The molecule has 8 rings (SSSR count). The number of carbonyl (C=O) groups excluding carboxylic acids is 6. The summed E-state index contributed by atoms with van der Waals surface area (Å²) in [5.41, 5.74) is 5.10. The van der Waals surface area contributed by atoms with E-state index in [0.29, 0.717) is 66.4 Å². The van der Waals surface area contributed by atoms with Crippen molar-refractivity contribution in [1.82, 2.24) is 25.8 Å². The summed E-state index contributed by atoms with van der Waals surface area (Å²) < 4.78 is 15.1. The van der Waals surface area contributed by atoms with Crippen LogP contribution >= 0.6 is 23.2 Å². The molecule has 3 atom stereocenters. The van der Waals surface area contributed by atoms with Crippen LogP contribution in [0.2, 0.25) is 10.0 Å². The van der Waals surface area contributed by atoms with Gasteiger partial charge in [-0.3, -0.25) is 34.1 Å². The van der Waals surface area contributed by atoms with Crippen molar-refractivity contribution in [2.45, 2.75) is 107 Å². The molecule has 4 aromatic rings. The average molecular weight is 913 g/mol. The van der Waals surface area contributed by atoms with E-state index in [0.717, 1.165) is 68.1 Å². The van der Waals surface area contributed by atoms with Gasteiger partial charge in [-0.05, 0) is 97.2 Å². The van der Waals surface area contributed by atoms with E-state index in [1.54, 1.807) is 41.3 Å². The van der Waals surface area contributed by atoms with Crippen LogP contribution in [0.1, 0.15) is 120 Å². The summed E-state index contributed by atoms with van der Waals surface area (Å²) in [6.45, 7) is 3.74. The van der Waals surface area contributed by atoms with Gasteiger partial charge in [-0.25, -0.2) is 9.37 Å². The number of carbonyl (C=O) groups is 6. The minimum Gasteiger partial charge on any atom is -0.351 e. The summed E-state index contributed by atoms with van der Waals surface area (Å²) in [4.78, 5) is 76.2. The van der Waals surface area contributed by atoms with Gasteiger partial charge in [0.1, 0.15) is 17.6 Å². The molecule has 1 saturated carbocycles. The van der Waals surface area contributed by atoms with Crippen molar-refractivity contribution in [2.75, 3.05) is 23.7 Å². The van der Waals surface area contributed by atoms with E-state index < -0.39 is 17.4 Å². The molecule has 1 spiro atoms. The maximum Gasteiger partial charge on any atom is 0.269 e. The lowest BCUT2D eigenvalue weighted by Gasteiger charge is -2.49. The number of amides is 6. The predicted molar refractivity (Wildman–Crippen MR) is 243 cm³/mol. The molecular formula is C48H52Cl2FN7O6. The topological polar surface area (TPSA) is 179 Å². The van der Waals surface area contributed by atoms with Crippen LogP contribution < -0.4 is 26.6 Å². The molecule has 5 N–H and O–H groups in total. The summed E-state index contributed by atoms with van der Waals surface area (Å²) in [5.74, 6) is -1.63. The van der Waals surface area contributed by atoms with Gasteiger partial charge >= 0.3 is 0 Å². The molecule has 3 aliphatic heterocycles. The molecule has 0 radical (unpaired) electrons. The van der Waals surface area contributed by atoms with Gasteiger partial charge in [-0.2, -0.15) is 0 Å². The van der Waals surface area contributed by atoms with Gasteiger partial charge in [0.25, 0.3) is 11.8 Å². The van der Waals surface area contributed by atoms with Crippen LogP contribution in [0.5, 0.6) is 0 Å². The third-order valence-corrected chi connectivity index (χ3v) is 14.0. The smallest absolute Gasteiger partial charge is 0.269 e. The van der Waals surface area contributed by atoms with Crippen LogP contribution in [-0.2, 0) is 37.6 Å². The van der Waals surface area contributed by atoms with Crippen molar-refractivity contribution in [3.8, 4) is 0 Å². The normalized spacial score (nSPS) is 21.1. The number of hydrogen-bond donors (Lipinski definition) is 5. The molecule has 4 heterocycles. The maximum atomic E-state index is 15.1. The maximum absolute atomic E-state index is 15.1. The Morgan fingerprint density at radius 1 is 0.953 bits per heavy atom. The minimum atomic E-state index is -0.615. The highest BCUT2D eigenvalue weighted by molar-refractivity contribution is 6.31. The highest BCUT2D eigenvalue weighted by Crippen LogP contribution is 2.58. The number of nitrogens with zero attached hydrogens (tertiary/aromatic N) is 2. The van der Waals surface area contributed by atoms with Gasteiger partial charge in [0.15, 0.2) is 0 Å². The van der Waals surface area contributed by atoms with Crippen molar-refractivity contribution in [2.24, 2.45) is 0 Å². The average Bonchev–Trinajstić information content (AvgIpc) is 3.76. The summed E-state index contributed by atoms with van der Waals surface area (Å²) in [6.07, 6.45) is 12.1. The number of aryl methyl sites for hydroxylation is 1. The molecule has 1 aliphatic carbocycles. The molecule has 0 bridgehead atoms. The molecule has 16 heteroatoms. The summed E-state index contributed by atoms with van der Waals surface area (Å²) >= 11 is 12.4. The Bertz CT molecular complexity index is 2410. The summed E-state index contributed by atoms with van der Waals surface area (Å²) in [5, 5.41) is 14.9. The lowest BCUT2D eigenvalue weighted by Crippen LogP contribution is -2.55. The second-order valence-corrected chi connectivity index (χ2v) is 17.8. The van der Waals surface area contributed by atoms with Gasteiger partial charge in [0, 0.05) is 59.2 Å². The molecular weight excluding hydrogens is 860 g/mol. The third-order valence-electron chi connectivity index (χ3n) is 13.5. The number of fused-ring (bicyclic) bond motifs is 1. The van der Waals surface area contributed by atoms with E-state index in [1.165, 1.54) is 12.6 Å². The van der Waals surface area contributed by atoms with Crippen LogP contribution in [0.4, 0.5) is 15.8 Å². The zero-order valence-corrected chi connectivity index (χ0v) is 37.1. The number of aromatic nitrogens is 1. The summed E-state index contributed by atoms with van der Waals surface area (Å²) in [7, 11) is 0. The number of rotatable bonds is 14. The van der Waals surface area contributed by atoms with Gasteiger partial charge in [0.2, 0.25) is 24.6 Å². The highest BCUT2D eigenvalue weighted by Gasteiger charge is 2.59. The number of anilines is 2. The van der Waals surface area contributed by atoms with Crippen molar-refractivity contribution in [3.05, 3.63) is 122 Å². The van der Waals surface area contributed by atoms with Crippen LogP contribution in [0.3, 0.4) is 0 Å². The first kappa shape index (κ1) is 46.3. The van der Waals surface area contributed by atoms with Crippen LogP contribution in [-0.4, -0.2) is 71.0 Å². The Balaban J connectivity index is 0.000000195. The largest absolute Gasteiger partial charge is 0.351 e. The number of halogens is 3. The Kier molecular flexibility index (Phi) is 14.8. The highest BCUT2D eigenvalue weighted by atomic mass is 35.5. The van der Waals surface area contributed by atoms with Crippen LogP contribution in [0.15, 0.2) is 72.9 Å². The van der Waals surface area contributed by atoms with E-state index in [9.17, 15) is 28.8 Å². The van der Waals surface area contributed by atoms with E-state index >= 15 is 4.39 Å². The first-order valence-corrected chi connectivity index (χ1v) is 22.6. The molecule has 2 saturated heterocycles. The van der Waals surface area contributed by atoms with E-state index in [2.05, 4.69) is 38.5 Å². The predicted octanol–water partition coefficient (Wildman–Crippen LogP) is 7.60. The van der Waals surface area contributed by atoms with Crippen molar-refractivity contribution in [1.29, 1.82) is 0 Å². The standard InChI is InChI=1S/C25H27N5O5.C23H25Cl2FN2O/c31-15-28-17-8-9-20(27-13-17)23(33)26-12-3-1-2-5-16-6-4-7-18-19(16)14-30(25(18)35)21-10-11-22(32)29-24(21)34;1-22(17-9-8-15(24)12-20(17)27-14-29)18(16-6-5-7-19(25)21(16)26)13-28-23(22)10-3-2-4-11-23/h4,6-9,13,15,21H,1-3,5,10-12,14H2,(H,26,33)(H,28,31)(H,29,32,34);5-9,12,14,18,28H,2-4,10-11,13H2,1H3,(H,27,29)/t;18?,22-/m.1/s1. The van der Waals surface area contributed by atoms with Gasteiger partial charge in [0.05, 0.1) is 16.9 Å². The number of hydrogen-bond acceptors (Lipinski definition) is 8. The van der Waals surface area contributed by atoms with Crippen molar-refractivity contribution < 1.29 is 33.2 Å². The number of pyridine rings is 1. The Morgan fingerprint density at radius 3 is 2.47 bits per heavy atom. The molecule has 336 valence electrons. The molecule has 4 aliphatic rings. The summed E-state index contributed by atoms with van der Waals surface area (Å²) in [6, 6.07) is 19.0. The number of benzene rings is 3. The second kappa shape index (κ2) is 20.4. The number of imide groups is 1. The van der Waals surface area contributed by atoms with E-state index in [-0.39, 0.29) is 52.1 Å². The zero-order chi connectivity index (χ0) is 45.4. The second-order valence-electron chi connectivity index (χ2n) is 17.0. The van der Waals surface area contributed by atoms with E-state index in [4.69, 9.17) is 23.2 Å². The first-order chi connectivity index (χ1) is 30.9. The molecule has 3 aromatic carbocycles. The quantitative estimate of drug-likeness (QED) is 0.0488. The SMILES string of the molecule is C[C@@]1(c2ccc(Cl)cc2NC=O)C(c2cccc(Cl)c2F)CNC12CCCCC2.O=CNc1ccc(C(=O)NCCCCCc2cccc3c2CN(C2CCC(=O)NC2=O)C3=O)nc1. The number of piperidine rings is 1. The molecule has 6 amide bonds. The van der Waals surface area contributed by atoms with Crippen molar-refractivity contribution >= 4 is 71.0 Å². The molecule has 64 heavy (non-hydrogen) atoms. The molecule has 1 aromatic heterocycles. The Labute approximate surface area is 381 Å². The van der Waals surface area contributed by atoms with Crippen LogP contribution in [0, 0.1) is 5.82 Å². The molecule has 2 unspecified atom stereocenters. The van der Waals surface area contributed by atoms with Gasteiger partial charge in [-0.1, -0.05) is 86.1 Å². The Hall–Kier alpha value is -5.70.